The van der Waals surface area contributed by atoms with Crippen LogP contribution in [0.25, 0.3) is 11.3 Å². The van der Waals surface area contributed by atoms with Crippen molar-refractivity contribution < 1.29 is 50.6 Å². The molecule has 9 nitrogen and oxygen atoms in total. The Hall–Kier alpha value is -3.36. The molecule has 2 aliphatic rings. The van der Waals surface area contributed by atoms with Gasteiger partial charge in [-0.2, -0.15) is 26.3 Å². The number of aliphatic carboxylic acids is 2. The third kappa shape index (κ3) is 7.62. The van der Waals surface area contributed by atoms with Crippen molar-refractivity contribution in [2.45, 2.75) is 12.4 Å². The molecular weight excluding hydrogens is 466 g/mol. The zero-order valence-electron chi connectivity index (χ0n) is 16.6. The number of nitrogens with zero attached hydrogens (tertiary/aromatic N) is 3. The van der Waals surface area contributed by atoms with E-state index in [0.29, 0.717) is 0 Å². The van der Waals surface area contributed by atoms with Crippen LogP contribution in [0.15, 0.2) is 35.1 Å². The first-order valence-electron chi connectivity index (χ1n) is 9.21. The maximum absolute atomic E-state index is 10.6. The zero-order chi connectivity index (χ0) is 24.8. The Morgan fingerprint density at radius 2 is 1.45 bits per heavy atom. The summed E-state index contributed by atoms with van der Waals surface area (Å²) in [6.07, 6.45) is -6.82. The normalized spacial score (nSPS) is 19.6. The van der Waals surface area contributed by atoms with Crippen LogP contribution in [0.2, 0.25) is 0 Å². The van der Waals surface area contributed by atoms with E-state index >= 15 is 0 Å². The number of furan rings is 1. The standard InChI is InChI=1S/C14H16N4O.2C2HF3O2/c1-2-14(17-16-13(1)10-3-4-19-9-10)18-7-11-5-15-6-12(11)8-18;2*3-2(4,5)1(6)7/h1-4,9,11-12,15H,5-8H2;2*(H,6,7). The molecule has 0 amide bonds. The molecule has 2 aliphatic heterocycles. The molecule has 0 saturated carbocycles. The summed E-state index contributed by atoms with van der Waals surface area (Å²) in [5.74, 6) is -2.98. The summed E-state index contributed by atoms with van der Waals surface area (Å²) in [5, 5.41) is 26.4. The van der Waals surface area contributed by atoms with Gasteiger partial charge >= 0.3 is 24.3 Å². The van der Waals surface area contributed by atoms with Gasteiger partial charge in [-0.15, -0.1) is 10.2 Å². The topological polar surface area (TPSA) is 129 Å². The predicted octanol–water partition coefficient (Wildman–Crippen LogP) is 2.66. The molecule has 4 rings (SSSR count). The van der Waals surface area contributed by atoms with Crippen molar-refractivity contribution in [3.8, 4) is 11.3 Å². The number of aromatic nitrogens is 2. The first-order chi connectivity index (χ1) is 15.3. The van der Waals surface area contributed by atoms with E-state index in [9.17, 15) is 26.3 Å². The first kappa shape index (κ1) is 25.9. The van der Waals surface area contributed by atoms with Crippen molar-refractivity contribution in [2.75, 3.05) is 31.1 Å². The predicted molar refractivity (Wildman–Crippen MR) is 99.2 cm³/mol. The van der Waals surface area contributed by atoms with Crippen LogP contribution in [0.4, 0.5) is 32.2 Å². The Bertz CT molecular complexity index is 882. The van der Waals surface area contributed by atoms with E-state index in [-0.39, 0.29) is 0 Å². The van der Waals surface area contributed by atoms with Crippen LogP contribution in [0.3, 0.4) is 0 Å². The van der Waals surface area contributed by atoms with Crippen molar-refractivity contribution in [2.24, 2.45) is 11.8 Å². The summed E-state index contributed by atoms with van der Waals surface area (Å²) < 4.78 is 68.5. The van der Waals surface area contributed by atoms with Gasteiger partial charge in [-0.1, -0.05) is 0 Å². The molecule has 0 radical (unpaired) electrons. The number of carboxylic acids is 2. The lowest BCUT2D eigenvalue weighted by Crippen LogP contribution is -2.26. The molecule has 4 heterocycles. The lowest BCUT2D eigenvalue weighted by atomic mass is 10.0. The molecule has 0 aromatic carbocycles. The smallest absolute Gasteiger partial charge is 0.475 e. The maximum atomic E-state index is 10.6. The summed E-state index contributed by atoms with van der Waals surface area (Å²) in [4.78, 5) is 20.1. The van der Waals surface area contributed by atoms with E-state index in [2.05, 4.69) is 26.5 Å². The molecule has 182 valence electrons. The van der Waals surface area contributed by atoms with Crippen LogP contribution < -0.4 is 10.2 Å². The van der Waals surface area contributed by atoms with Crippen molar-refractivity contribution in [3.05, 3.63) is 30.7 Å². The summed E-state index contributed by atoms with van der Waals surface area (Å²) in [5.41, 5.74) is 1.83. The van der Waals surface area contributed by atoms with E-state index in [4.69, 9.17) is 24.2 Å². The summed E-state index contributed by atoms with van der Waals surface area (Å²) in [6.45, 7) is 4.47. The minimum atomic E-state index is -5.08. The van der Waals surface area contributed by atoms with E-state index in [1.54, 1.807) is 12.5 Å². The highest BCUT2D eigenvalue weighted by atomic mass is 19.4. The second kappa shape index (κ2) is 10.5. The Morgan fingerprint density at radius 1 is 0.939 bits per heavy atom. The van der Waals surface area contributed by atoms with Gasteiger partial charge in [-0.25, -0.2) is 9.59 Å². The van der Waals surface area contributed by atoms with Crippen molar-refractivity contribution in [3.63, 3.8) is 0 Å². The average molecular weight is 484 g/mol. The fourth-order valence-electron chi connectivity index (χ4n) is 3.10. The van der Waals surface area contributed by atoms with Gasteiger partial charge in [-0.3, -0.25) is 0 Å². The van der Waals surface area contributed by atoms with Gasteiger partial charge in [0, 0.05) is 31.7 Å². The largest absolute Gasteiger partial charge is 0.490 e. The second-order valence-corrected chi connectivity index (χ2v) is 6.98. The molecule has 0 aliphatic carbocycles. The fraction of sp³-hybridized carbons (Fsp3) is 0.444. The third-order valence-corrected chi connectivity index (χ3v) is 4.67. The number of hydrogen-bond acceptors (Lipinski definition) is 7. The number of anilines is 1. The van der Waals surface area contributed by atoms with Crippen LogP contribution in [-0.2, 0) is 9.59 Å². The monoisotopic (exact) mass is 484 g/mol. The highest BCUT2D eigenvalue weighted by molar-refractivity contribution is 5.73. The first-order valence-corrected chi connectivity index (χ1v) is 9.21. The Kier molecular flexibility index (Phi) is 8.24. The lowest BCUT2D eigenvalue weighted by molar-refractivity contribution is -0.193. The highest BCUT2D eigenvalue weighted by Crippen LogP contribution is 2.29. The van der Waals surface area contributed by atoms with E-state index in [0.717, 1.165) is 55.1 Å². The van der Waals surface area contributed by atoms with Gasteiger partial charge in [0.2, 0.25) is 0 Å². The number of alkyl halides is 6. The molecule has 0 bridgehead atoms. The van der Waals surface area contributed by atoms with Crippen LogP contribution in [-0.4, -0.2) is 70.9 Å². The number of halogens is 6. The molecule has 2 fully saturated rings. The molecule has 2 saturated heterocycles. The van der Waals surface area contributed by atoms with Gasteiger partial charge < -0.3 is 24.8 Å². The SMILES string of the molecule is O=C(O)C(F)(F)F.O=C(O)C(F)(F)F.c1cc(-c2ccc(N3CC4CNCC4C3)nn2)co1. The van der Waals surface area contributed by atoms with Crippen LogP contribution in [0.5, 0.6) is 0 Å². The summed E-state index contributed by atoms with van der Waals surface area (Å²) in [7, 11) is 0. The van der Waals surface area contributed by atoms with Crippen molar-refractivity contribution in [1.29, 1.82) is 0 Å². The minimum Gasteiger partial charge on any atom is -0.475 e. The fourth-order valence-corrected chi connectivity index (χ4v) is 3.10. The third-order valence-electron chi connectivity index (χ3n) is 4.67. The quantitative estimate of drug-likeness (QED) is 0.551. The molecule has 2 unspecified atom stereocenters. The van der Waals surface area contributed by atoms with E-state index < -0.39 is 24.3 Å². The Labute approximate surface area is 182 Å². The van der Waals surface area contributed by atoms with Gasteiger partial charge in [0.1, 0.15) is 0 Å². The molecule has 2 atom stereocenters. The number of carboxylic acid groups (broad SMARTS) is 2. The maximum Gasteiger partial charge on any atom is 0.490 e. The van der Waals surface area contributed by atoms with Crippen LogP contribution in [0, 0.1) is 11.8 Å². The van der Waals surface area contributed by atoms with Crippen molar-refractivity contribution in [1.82, 2.24) is 15.5 Å². The molecule has 33 heavy (non-hydrogen) atoms. The Balaban J connectivity index is 0.000000230. The van der Waals surface area contributed by atoms with Gasteiger partial charge in [0.25, 0.3) is 0 Å². The number of nitrogens with one attached hydrogen (secondary N) is 1. The number of hydrogen-bond donors (Lipinski definition) is 3. The van der Waals surface area contributed by atoms with Gasteiger partial charge in [0.15, 0.2) is 5.82 Å². The second-order valence-electron chi connectivity index (χ2n) is 6.98. The number of carbonyl (C=O) groups is 2. The average Bonchev–Trinajstić information content (AvgIpc) is 3.45. The molecule has 2 aromatic rings. The van der Waals surface area contributed by atoms with Gasteiger partial charge in [-0.05, 0) is 30.0 Å². The van der Waals surface area contributed by atoms with Crippen molar-refractivity contribution >= 4 is 17.8 Å². The number of rotatable bonds is 2. The van der Waals surface area contributed by atoms with Gasteiger partial charge in [0.05, 0.1) is 18.2 Å². The molecule has 15 heteroatoms. The van der Waals surface area contributed by atoms with Crippen LogP contribution in [0.1, 0.15) is 0 Å². The lowest BCUT2D eigenvalue weighted by Gasteiger charge is -2.17. The molecule has 0 spiro atoms. The van der Waals surface area contributed by atoms with Crippen LogP contribution >= 0.6 is 0 Å². The minimum absolute atomic E-state index is 0.773. The number of fused-ring (bicyclic) bond motifs is 1. The summed E-state index contributed by atoms with van der Waals surface area (Å²) >= 11 is 0. The highest BCUT2D eigenvalue weighted by Gasteiger charge is 2.39. The van der Waals surface area contributed by atoms with E-state index in [1.807, 2.05) is 12.1 Å². The molecule has 2 aromatic heterocycles. The zero-order valence-corrected chi connectivity index (χ0v) is 16.6. The Morgan fingerprint density at radius 3 is 1.82 bits per heavy atom. The summed E-state index contributed by atoms with van der Waals surface area (Å²) in [6, 6.07) is 5.97. The van der Waals surface area contributed by atoms with E-state index in [1.165, 1.54) is 0 Å². The molecule has 3 N–H and O–H groups in total. The molecular formula is C18H18F6N4O5.